The SMILES string of the molecule is CC(N)C1CN(CC(=O)N(C)C2CC2)CCO1. The molecule has 98 valence electrons. The average Bonchev–Trinajstić information content (AvgIpc) is 3.12. The number of amides is 1. The number of nitrogens with two attached hydrogens (primary N) is 1. The van der Waals surface area contributed by atoms with E-state index in [0.717, 1.165) is 25.9 Å². The molecule has 1 heterocycles. The molecule has 2 rings (SSSR count). The third-order valence-electron chi connectivity index (χ3n) is 3.61. The van der Waals surface area contributed by atoms with Crippen molar-refractivity contribution in [3.63, 3.8) is 0 Å². The monoisotopic (exact) mass is 241 g/mol. The summed E-state index contributed by atoms with van der Waals surface area (Å²) in [6.07, 6.45) is 2.38. The highest BCUT2D eigenvalue weighted by Gasteiger charge is 2.31. The molecule has 1 amide bonds. The molecular weight excluding hydrogens is 218 g/mol. The summed E-state index contributed by atoms with van der Waals surface area (Å²) in [5.74, 6) is 0.220. The first-order valence-corrected chi connectivity index (χ1v) is 6.43. The maximum absolute atomic E-state index is 12.0. The second-order valence-electron chi connectivity index (χ2n) is 5.24. The maximum atomic E-state index is 12.0. The second-order valence-corrected chi connectivity index (χ2v) is 5.24. The highest BCUT2D eigenvalue weighted by Crippen LogP contribution is 2.25. The van der Waals surface area contributed by atoms with Gasteiger partial charge in [0.2, 0.25) is 5.91 Å². The number of morpholine rings is 1. The van der Waals surface area contributed by atoms with Crippen LogP contribution >= 0.6 is 0 Å². The van der Waals surface area contributed by atoms with E-state index in [1.54, 1.807) is 0 Å². The van der Waals surface area contributed by atoms with Gasteiger partial charge >= 0.3 is 0 Å². The van der Waals surface area contributed by atoms with Crippen molar-refractivity contribution >= 4 is 5.91 Å². The van der Waals surface area contributed by atoms with Gasteiger partial charge in [0.15, 0.2) is 0 Å². The van der Waals surface area contributed by atoms with Gasteiger partial charge in [-0.05, 0) is 19.8 Å². The van der Waals surface area contributed by atoms with Crippen LogP contribution in [0.1, 0.15) is 19.8 Å². The summed E-state index contributed by atoms with van der Waals surface area (Å²) in [6, 6.07) is 0.516. The van der Waals surface area contributed by atoms with E-state index in [0.29, 0.717) is 19.2 Å². The van der Waals surface area contributed by atoms with Crippen molar-refractivity contribution in [3.8, 4) is 0 Å². The van der Waals surface area contributed by atoms with Crippen LogP contribution in [0.3, 0.4) is 0 Å². The predicted octanol–water partition coefficient (Wildman–Crippen LogP) is -0.345. The molecule has 2 unspecified atom stereocenters. The van der Waals surface area contributed by atoms with Gasteiger partial charge in [-0.2, -0.15) is 0 Å². The molecule has 1 saturated carbocycles. The minimum Gasteiger partial charge on any atom is -0.374 e. The Balaban J connectivity index is 1.79. The van der Waals surface area contributed by atoms with E-state index in [9.17, 15) is 4.79 Å². The van der Waals surface area contributed by atoms with Crippen LogP contribution in [-0.4, -0.2) is 67.2 Å². The standard InChI is InChI=1S/C12H23N3O2/c1-9(13)11-7-15(5-6-17-11)8-12(16)14(2)10-3-4-10/h9-11H,3-8,13H2,1-2H3. The molecule has 5 nitrogen and oxygen atoms in total. The van der Waals surface area contributed by atoms with Crippen LogP contribution in [0.15, 0.2) is 0 Å². The quantitative estimate of drug-likeness (QED) is 0.731. The van der Waals surface area contributed by atoms with Crippen LogP contribution < -0.4 is 5.73 Å². The van der Waals surface area contributed by atoms with Crippen LogP contribution in [0.25, 0.3) is 0 Å². The smallest absolute Gasteiger partial charge is 0.236 e. The number of carbonyl (C=O) groups is 1. The van der Waals surface area contributed by atoms with Crippen LogP contribution in [0.2, 0.25) is 0 Å². The van der Waals surface area contributed by atoms with E-state index < -0.39 is 0 Å². The van der Waals surface area contributed by atoms with Gasteiger partial charge in [0.1, 0.15) is 0 Å². The minimum atomic E-state index is 0.0223. The van der Waals surface area contributed by atoms with E-state index in [-0.39, 0.29) is 18.1 Å². The first-order chi connectivity index (χ1) is 8.08. The third-order valence-corrected chi connectivity index (χ3v) is 3.61. The lowest BCUT2D eigenvalue weighted by molar-refractivity contribution is -0.133. The Kier molecular flexibility index (Phi) is 4.01. The van der Waals surface area contributed by atoms with Crippen LogP contribution in [0.5, 0.6) is 0 Å². The first kappa shape index (κ1) is 12.8. The van der Waals surface area contributed by atoms with Gasteiger partial charge in [-0.1, -0.05) is 0 Å². The Morgan fingerprint density at radius 2 is 2.29 bits per heavy atom. The van der Waals surface area contributed by atoms with Crippen molar-refractivity contribution < 1.29 is 9.53 Å². The summed E-state index contributed by atoms with van der Waals surface area (Å²) in [4.78, 5) is 16.0. The summed E-state index contributed by atoms with van der Waals surface area (Å²) in [5, 5.41) is 0. The van der Waals surface area contributed by atoms with Gasteiger partial charge < -0.3 is 15.4 Å². The normalized spacial score (nSPS) is 27.8. The van der Waals surface area contributed by atoms with Crippen LogP contribution in [0.4, 0.5) is 0 Å². The lowest BCUT2D eigenvalue weighted by atomic mass is 10.1. The molecule has 1 aliphatic carbocycles. The van der Waals surface area contributed by atoms with Gasteiger partial charge in [-0.25, -0.2) is 0 Å². The molecule has 17 heavy (non-hydrogen) atoms. The molecule has 0 spiro atoms. The van der Waals surface area contributed by atoms with Crippen LogP contribution in [0, 0.1) is 0 Å². The average molecular weight is 241 g/mol. The minimum absolute atomic E-state index is 0.0223. The molecule has 0 aromatic rings. The molecule has 5 heteroatoms. The fourth-order valence-electron chi connectivity index (χ4n) is 2.16. The number of hydrogen-bond donors (Lipinski definition) is 1. The molecule has 0 aromatic heterocycles. The summed E-state index contributed by atoms with van der Waals surface area (Å²) >= 11 is 0. The topological polar surface area (TPSA) is 58.8 Å². The second kappa shape index (κ2) is 5.33. The summed E-state index contributed by atoms with van der Waals surface area (Å²) < 4.78 is 5.58. The molecular formula is C12H23N3O2. The van der Waals surface area contributed by atoms with E-state index in [1.807, 2.05) is 18.9 Å². The number of carbonyl (C=O) groups excluding carboxylic acids is 1. The van der Waals surface area contributed by atoms with Crippen molar-refractivity contribution in [2.24, 2.45) is 5.73 Å². The van der Waals surface area contributed by atoms with Gasteiger partial charge in [-0.3, -0.25) is 9.69 Å². The molecule has 2 atom stereocenters. The zero-order chi connectivity index (χ0) is 12.4. The van der Waals surface area contributed by atoms with Crippen molar-refractivity contribution in [3.05, 3.63) is 0 Å². The number of ether oxygens (including phenoxy) is 1. The van der Waals surface area contributed by atoms with E-state index in [2.05, 4.69) is 4.90 Å². The lowest BCUT2D eigenvalue weighted by Gasteiger charge is -2.35. The number of hydrogen-bond acceptors (Lipinski definition) is 4. The van der Waals surface area contributed by atoms with E-state index in [1.165, 1.54) is 0 Å². The Morgan fingerprint density at radius 3 is 2.88 bits per heavy atom. The Hall–Kier alpha value is -0.650. The number of rotatable bonds is 4. The van der Waals surface area contributed by atoms with Crippen LogP contribution in [-0.2, 0) is 9.53 Å². The van der Waals surface area contributed by atoms with Gasteiger partial charge in [0, 0.05) is 32.2 Å². The molecule has 0 aromatic carbocycles. The lowest BCUT2D eigenvalue weighted by Crippen LogP contribution is -2.52. The maximum Gasteiger partial charge on any atom is 0.236 e. The molecule has 0 bridgehead atoms. The first-order valence-electron chi connectivity index (χ1n) is 6.43. The molecule has 2 fully saturated rings. The van der Waals surface area contributed by atoms with Gasteiger partial charge in [-0.15, -0.1) is 0 Å². The highest BCUT2D eigenvalue weighted by molar-refractivity contribution is 5.78. The van der Waals surface area contributed by atoms with Crippen molar-refractivity contribution in [2.45, 2.75) is 38.0 Å². The Bertz CT molecular complexity index is 279. The van der Waals surface area contributed by atoms with E-state index >= 15 is 0 Å². The Labute approximate surface area is 103 Å². The fourth-order valence-corrected chi connectivity index (χ4v) is 2.16. The molecule has 0 radical (unpaired) electrons. The Morgan fingerprint density at radius 1 is 1.59 bits per heavy atom. The molecule has 2 aliphatic rings. The summed E-state index contributed by atoms with van der Waals surface area (Å²) in [7, 11) is 1.91. The van der Waals surface area contributed by atoms with Gasteiger partial charge in [0.25, 0.3) is 0 Å². The summed E-state index contributed by atoms with van der Waals surface area (Å²) in [5.41, 5.74) is 5.83. The zero-order valence-corrected chi connectivity index (χ0v) is 10.8. The highest BCUT2D eigenvalue weighted by atomic mass is 16.5. The fraction of sp³-hybridized carbons (Fsp3) is 0.917. The zero-order valence-electron chi connectivity index (χ0n) is 10.8. The molecule has 2 N–H and O–H groups in total. The van der Waals surface area contributed by atoms with E-state index in [4.69, 9.17) is 10.5 Å². The van der Waals surface area contributed by atoms with Gasteiger partial charge in [0.05, 0.1) is 19.3 Å². The molecule has 1 saturated heterocycles. The predicted molar refractivity (Wildman–Crippen MR) is 65.6 cm³/mol. The van der Waals surface area contributed by atoms with Crippen molar-refractivity contribution in [1.29, 1.82) is 0 Å². The third kappa shape index (κ3) is 3.40. The summed E-state index contributed by atoms with van der Waals surface area (Å²) in [6.45, 7) is 4.72. The number of nitrogens with zero attached hydrogens (tertiary/aromatic N) is 2. The number of likely N-dealkylation sites (N-methyl/N-ethyl adjacent to an activating group) is 1. The largest absolute Gasteiger partial charge is 0.374 e. The molecule has 1 aliphatic heterocycles. The van der Waals surface area contributed by atoms with Crippen molar-refractivity contribution in [1.82, 2.24) is 9.80 Å². The van der Waals surface area contributed by atoms with Crippen molar-refractivity contribution in [2.75, 3.05) is 33.3 Å².